The third-order valence-electron chi connectivity index (χ3n) is 3.92. The lowest BCUT2D eigenvalue weighted by atomic mass is 10.2. The summed E-state index contributed by atoms with van der Waals surface area (Å²) >= 11 is 0. The second-order valence-electron chi connectivity index (χ2n) is 6.35. The molecular formula is C22H29N3O4. The number of rotatable bonds is 12. The number of hydrogen-bond acceptors (Lipinski definition) is 5. The van der Waals surface area contributed by atoms with Crippen LogP contribution in [0.1, 0.15) is 26.7 Å². The predicted molar refractivity (Wildman–Crippen MR) is 116 cm³/mol. The SMILES string of the molecule is CCCC(=O)Nc1ccc(NC(=O)CNc2cccc(OCCOCC)c2)cc1. The molecule has 0 atom stereocenters. The summed E-state index contributed by atoms with van der Waals surface area (Å²) in [5, 5.41) is 8.71. The fraction of sp³-hybridized carbons (Fsp3) is 0.364. The molecule has 0 aliphatic heterocycles. The molecule has 0 aliphatic rings. The van der Waals surface area contributed by atoms with Crippen LogP contribution in [0.25, 0.3) is 0 Å². The quantitative estimate of drug-likeness (QED) is 0.471. The topological polar surface area (TPSA) is 88.7 Å². The fourth-order valence-electron chi connectivity index (χ4n) is 2.53. The molecule has 2 rings (SSSR count). The Morgan fingerprint density at radius 1 is 0.862 bits per heavy atom. The van der Waals surface area contributed by atoms with E-state index >= 15 is 0 Å². The first-order valence-corrected chi connectivity index (χ1v) is 9.85. The summed E-state index contributed by atoms with van der Waals surface area (Å²) in [5.74, 6) is 0.531. The molecule has 2 amide bonds. The molecule has 3 N–H and O–H groups in total. The first kappa shape index (κ1) is 22.2. The highest BCUT2D eigenvalue weighted by atomic mass is 16.5. The van der Waals surface area contributed by atoms with Crippen LogP contribution in [0.5, 0.6) is 5.75 Å². The van der Waals surface area contributed by atoms with Crippen LogP contribution in [0.15, 0.2) is 48.5 Å². The highest BCUT2D eigenvalue weighted by molar-refractivity contribution is 5.94. The van der Waals surface area contributed by atoms with Gasteiger partial charge in [0.15, 0.2) is 0 Å². The molecule has 0 saturated carbocycles. The fourth-order valence-corrected chi connectivity index (χ4v) is 2.53. The van der Waals surface area contributed by atoms with E-state index in [4.69, 9.17) is 9.47 Å². The average molecular weight is 399 g/mol. The van der Waals surface area contributed by atoms with Gasteiger partial charge in [-0.2, -0.15) is 0 Å². The predicted octanol–water partition coefficient (Wildman–Crippen LogP) is 3.89. The van der Waals surface area contributed by atoms with Gasteiger partial charge in [0.1, 0.15) is 12.4 Å². The van der Waals surface area contributed by atoms with Crippen LogP contribution in [-0.2, 0) is 14.3 Å². The van der Waals surface area contributed by atoms with Gasteiger partial charge in [0.25, 0.3) is 0 Å². The lowest BCUT2D eigenvalue weighted by molar-refractivity contribution is -0.116. The Morgan fingerprint density at radius 3 is 2.21 bits per heavy atom. The van der Waals surface area contributed by atoms with Gasteiger partial charge in [-0.25, -0.2) is 0 Å². The van der Waals surface area contributed by atoms with Crippen LogP contribution in [0.3, 0.4) is 0 Å². The van der Waals surface area contributed by atoms with Crippen molar-refractivity contribution in [3.8, 4) is 5.75 Å². The van der Waals surface area contributed by atoms with Crippen LogP contribution < -0.4 is 20.7 Å². The van der Waals surface area contributed by atoms with Crippen molar-refractivity contribution in [3.05, 3.63) is 48.5 Å². The molecule has 156 valence electrons. The zero-order chi connectivity index (χ0) is 20.9. The molecule has 2 aromatic rings. The Morgan fingerprint density at radius 2 is 1.55 bits per heavy atom. The average Bonchev–Trinajstić information content (AvgIpc) is 2.72. The van der Waals surface area contributed by atoms with Crippen LogP contribution >= 0.6 is 0 Å². The summed E-state index contributed by atoms with van der Waals surface area (Å²) in [4.78, 5) is 23.8. The zero-order valence-electron chi connectivity index (χ0n) is 17.0. The maximum absolute atomic E-state index is 12.2. The Balaban J connectivity index is 1.77. The largest absolute Gasteiger partial charge is 0.491 e. The molecule has 2 aromatic carbocycles. The summed E-state index contributed by atoms with van der Waals surface area (Å²) in [6.45, 7) is 5.70. The normalized spacial score (nSPS) is 10.3. The number of carbonyl (C=O) groups excluding carboxylic acids is 2. The van der Waals surface area contributed by atoms with Crippen LogP contribution in [-0.4, -0.2) is 38.2 Å². The molecule has 0 spiro atoms. The number of amides is 2. The maximum atomic E-state index is 12.2. The van der Waals surface area contributed by atoms with Gasteiger partial charge in [-0.1, -0.05) is 13.0 Å². The van der Waals surface area contributed by atoms with Gasteiger partial charge < -0.3 is 25.4 Å². The minimum atomic E-state index is -0.171. The van der Waals surface area contributed by atoms with Gasteiger partial charge >= 0.3 is 0 Å². The summed E-state index contributed by atoms with van der Waals surface area (Å²) < 4.78 is 10.9. The Labute approximate surface area is 171 Å². The Kier molecular flexibility index (Phi) is 9.51. The van der Waals surface area contributed by atoms with Crippen LogP contribution in [0.2, 0.25) is 0 Å². The van der Waals surface area contributed by atoms with Crippen molar-refractivity contribution in [2.75, 3.05) is 42.3 Å². The van der Waals surface area contributed by atoms with E-state index in [9.17, 15) is 9.59 Å². The number of hydrogen-bond donors (Lipinski definition) is 3. The third kappa shape index (κ3) is 8.66. The van der Waals surface area contributed by atoms with Crippen molar-refractivity contribution < 1.29 is 19.1 Å². The molecule has 0 radical (unpaired) electrons. The molecule has 0 saturated heterocycles. The standard InChI is InChI=1S/C22H29N3O4/c1-3-6-21(26)24-17-9-11-18(12-10-17)25-22(27)16-23-19-7-5-8-20(15-19)29-14-13-28-4-2/h5,7-12,15,23H,3-4,6,13-14,16H2,1-2H3,(H,24,26)(H,25,27). The Bertz CT molecular complexity index is 778. The minimum absolute atomic E-state index is 0.0161. The summed E-state index contributed by atoms with van der Waals surface area (Å²) in [5.41, 5.74) is 2.17. The summed E-state index contributed by atoms with van der Waals surface area (Å²) in [7, 11) is 0. The number of ether oxygens (including phenoxy) is 2. The Hall–Kier alpha value is -3.06. The monoisotopic (exact) mass is 399 g/mol. The molecular weight excluding hydrogens is 370 g/mol. The minimum Gasteiger partial charge on any atom is -0.491 e. The molecule has 0 bridgehead atoms. The van der Waals surface area contributed by atoms with Gasteiger partial charge in [0.2, 0.25) is 11.8 Å². The first-order chi connectivity index (χ1) is 14.1. The third-order valence-corrected chi connectivity index (χ3v) is 3.92. The van der Waals surface area contributed by atoms with Crippen molar-refractivity contribution in [2.24, 2.45) is 0 Å². The smallest absolute Gasteiger partial charge is 0.243 e. The lowest BCUT2D eigenvalue weighted by Crippen LogP contribution is -2.21. The molecule has 0 unspecified atom stereocenters. The lowest BCUT2D eigenvalue weighted by Gasteiger charge is -2.11. The summed E-state index contributed by atoms with van der Waals surface area (Å²) in [6.07, 6.45) is 1.29. The number of benzene rings is 2. The van der Waals surface area contributed by atoms with Gasteiger partial charge in [-0.3, -0.25) is 9.59 Å². The maximum Gasteiger partial charge on any atom is 0.243 e. The highest BCUT2D eigenvalue weighted by Crippen LogP contribution is 2.17. The van der Waals surface area contributed by atoms with Crippen LogP contribution in [0.4, 0.5) is 17.1 Å². The second kappa shape index (κ2) is 12.4. The van der Waals surface area contributed by atoms with Gasteiger partial charge in [-0.15, -0.1) is 0 Å². The molecule has 7 heteroatoms. The van der Waals surface area contributed by atoms with E-state index in [2.05, 4.69) is 16.0 Å². The van der Waals surface area contributed by atoms with Gasteiger partial charge in [0, 0.05) is 36.2 Å². The molecule has 0 aliphatic carbocycles. The van der Waals surface area contributed by atoms with Crippen LogP contribution in [0, 0.1) is 0 Å². The van der Waals surface area contributed by atoms with Crippen molar-refractivity contribution in [3.63, 3.8) is 0 Å². The van der Waals surface area contributed by atoms with Crippen molar-refractivity contribution in [1.82, 2.24) is 0 Å². The van der Waals surface area contributed by atoms with Gasteiger partial charge in [-0.05, 0) is 49.7 Å². The second-order valence-corrected chi connectivity index (χ2v) is 6.35. The highest BCUT2D eigenvalue weighted by Gasteiger charge is 2.05. The number of nitrogens with one attached hydrogen (secondary N) is 3. The van der Waals surface area contributed by atoms with Crippen molar-refractivity contribution >= 4 is 28.9 Å². The van der Waals surface area contributed by atoms with Gasteiger partial charge in [0.05, 0.1) is 13.2 Å². The summed E-state index contributed by atoms with van der Waals surface area (Å²) in [6, 6.07) is 14.5. The molecule has 0 heterocycles. The molecule has 0 aromatic heterocycles. The number of anilines is 3. The zero-order valence-corrected chi connectivity index (χ0v) is 17.0. The van der Waals surface area contributed by atoms with Crippen molar-refractivity contribution in [2.45, 2.75) is 26.7 Å². The van der Waals surface area contributed by atoms with Crippen molar-refractivity contribution in [1.29, 1.82) is 0 Å². The molecule has 7 nitrogen and oxygen atoms in total. The number of carbonyl (C=O) groups is 2. The first-order valence-electron chi connectivity index (χ1n) is 9.85. The van der Waals surface area contributed by atoms with E-state index in [-0.39, 0.29) is 18.4 Å². The van der Waals surface area contributed by atoms with E-state index in [0.29, 0.717) is 37.6 Å². The molecule has 0 fully saturated rings. The van der Waals surface area contributed by atoms with E-state index in [1.54, 1.807) is 24.3 Å². The van der Waals surface area contributed by atoms with E-state index in [1.807, 2.05) is 38.1 Å². The molecule has 29 heavy (non-hydrogen) atoms. The van der Waals surface area contributed by atoms with E-state index in [0.717, 1.165) is 17.9 Å². The van der Waals surface area contributed by atoms with E-state index < -0.39 is 0 Å². The van der Waals surface area contributed by atoms with E-state index in [1.165, 1.54) is 0 Å².